The van der Waals surface area contributed by atoms with Gasteiger partial charge in [0.1, 0.15) is 0 Å². The van der Waals surface area contributed by atoms with Crippen molar-refractivity contribution in [1.29, 1.82) is 0 Å². The Morgan fingerprint density at radius 1 is 1.16 bits per heavy atom. The van der Waals surface area contributed by atoms with Crippen LogP contribution in [0.3, 0.4) is 0 Å². The Balaban J connectivity index is 1.53. The molecule has 25 heavy (non-hydrogen) atoms. The van der Waals surface area contributed by atoms with Gasteiger partial charge in [0, 0.05) is 30.1 Å². The zero-order chi connectivity index (χ0) is 17.8. The minimum absolute atomic E-state index is 0.117. The van der Waals surface area contributed by atoms with Crippen LogP contribution in [0.4, 0.5) is 0 Å². The highest BCUT2D eigenvalue weighted by molar-refractivity contribution is 5.84. The SMILES string of the molecule is Cc1ccc2c(CCNC(=O)CC(C)c3ccccc3C)c[nH]c2c1. The van der Waals surface area contributed by atoms with Crippen molar-refractivity contribution in [2.24, 2.45) is 0 Å². The number of H-pyrrole nitrogens is 1. The summed E-state index contributed by atoms with van der Waals surface area (Å²) >= 11 is 0. The van der Waals surface area contributed by atoms with E-state index in [1.54, 1.807) is 0 Å². The molecule has 0 fully saturated rings. The van der Waals surface area contributed by atoms with Gasteiger partial charge in [-0.05, 0) is 54.5 Å². The molecule has 3 heteroatoms. The Morgan fingerprint density at radius 2 is 1.96 bits per heavy atom. The molecule has 0 aliphatic heterocycles. The molecular formula is C22H26N2O. The van der Waals surface area contributed by atoms with Crippen LogP contribution in [0.1, 0.15) is 41.5 Å². The van der Waals surface area contributed by atoms with Gasteiger partial charge in [-0.2, -0.15) is 0 Å². The van der Waals surface area contributed by atoms with E-state index in [0.717, 1.165) is 11.9 Å². The van der Waals surface area contributed by atoms with Crippen molar-refractivity contribution >= 4 is 16.8 Å². The number of aromatic nitrogens is 1. The van der Waals surface area contributed by atoms with Crippen molar-refractivity contribution in [2.45, 2.75) is 39.5 Å². The summed E-state index contributed by atoms with van der Waals surface area (Å²) < 4.78 is 0. The molecule has 0 saturated carbocycles. The second-order valence-corrected chi connectivity index (χ2v) is 6.92. The normalized spacial score (nSPS) is 12.3. The van der Waals surface area contributed by atoms with Gasteiger partial charge < -0.3 is 10.3 Å². The van der Waals surface area contributed by atoms with Gasteiger partial charge >= 0.3 is 0 Å². The molecule has 1 unspecified atom stereocenters. The molecule has 3 nitrogen and oxygen atoms in total. The zero-order valence-electron chi connectivity index (χ0n) is 15.2. The summed E-state index contributed by atoms with van der Waals surface area (Å²) in [6.07, 6.45) is 3.41. The number of carbonyl (C=O) groups is 1. The second kappa shape index (κ2) is 7.56. The lowest BCUT2D eigenvalue weighted by Crippen LogP contribution is -2.26. The highest BCUT2D eigenvalue weighted by Crippen LogP contribution is 2.22. The van der Waals surface area contributed by atoms with Crippen molar-refractivity contribution < 1.29 is 4.79 Å². The molecular weight excluding hydrogens is 308 g/mol. The van der Waals surface area contributed by atoms with Crippen LogP contribution < -0.4 is 5.32 Å². The summed E-state index contributed by atoms with van der Waals surface area (Å²) in [6.45, 7) is 6.97. The third kappa shape index (κ3) is 4.11. The molecule has 0 aliphatic rings. The summed E-state index contributed by atoms with van der Waals surface area (Å²) in [6, 6.07) is 14.7. The van der Waals surface area contributed by atoms with E-state index in [2.05, 4.69) is 61.4 Å². The fraction of sp³-hybridized carbons (Fsp3) is 0.318. The predicted octanol–water partition coefficient (Wildman–Crippen LogP) is 4.64. The van der Waals surface area contributed by atoms with Crippen LogP contribution in [0.2, 0.25) is 0 Å². The van der Waals surface area contributed by atoms with Gasteiger partial charge in [-0.1, -0.05) is 43.3 Å². The van der Waals surface area contributed by atoms with Gasteiger partial charge in [0.2, 0.25) is 5.91 Å². The van der Waals surface area contributed by atoms with E-state index in [-0.39, 0.29) is 11.8 Å². The van der Waals surface area contributed by atoms with Crippen LogP contribution in [-0.4, -0.2) is 17.4 Å². The van der Waals surface area contributed by atoms with Gasteiger partial charge in [0.05, 0.1) is 0 Å². The van der Waals surface area contributed by atoms with Crippen molar-refractivity contribution in [1.82, 2.24) is 10.3 Å². The average Bonchev–Trinajstić information content (AvgIpc) is 2.97. The molecule has 0 radical (unpaired) electrons. The van der Waals surface area contributed by atoms with Crippen LogP contribution in [0, 0.1) is 13.8 Å². The molecule has 1 atom stereocenters. The number of benzene rings is 2. The van der Waals surface area contributed by atoms with Crippen molar-refractivity contribution in [3.05, 3.63) is 70.9 Å². The summed E-state index contributed by atoms with van der Waals surface area (Å²) in [5.41, 5.74) is 6.16. The molecule has 1 amide bonds. The largest absolute Gasteiger partial charge is 0.361 e. The molecule has 2 aromatic carbocycles. The maximum Gasteiger partial charge on any atom is 0.220 e. The van der Waals surface area contributed by atoms with E-state index in [4.69, 9.17) is 0 Å². The third-order valence-corrected chi connectivity index (χ3v) is 4.85. The number of rotatable bonds is 6. The smallest absolute Gasteiger partial charge is 0.220 e. The number of carbonyl (C=O) groups excluding carboxylic acids is 1. The first-order valence-electron chi connectivity index (χ1n) is 8.93. The van der Waals surface area contributed by atoms with Crippen LogP contribution in [-0.2, 0) is 11.2 Å². The Kier molecular flexibility index (Phi) is 5.22. The molecule has 130 valence electrons. The Bertz CT molecular complexity index is 879. The first-order valence-corrected chi connectivity index (χ1v) is 8.93. The van der Waals surface area contributed by atoms with E-state index in [1.165, 1.54) is 27.6 Å². The maximum atomic E-state index is 12.3. The Morgan fingerprint density at radius 3 is 2.76 bits per heavy atom. The number of hydrogen-bond acceptors (Lipinski definition) is 1. The van der Waals surface area contributed by atoms with Crippen molar-refractivity contribution in [2.75, 3.05) is 6.54 Å². The third-order valence-electron chi connectivity index (χ3n) is 4.85. The van der Waals surface area contributed by atoms with E-state index in [1.807, 2.05) is 18.3 Å². The number of hydrogen-bond donors (Lipinski definition) is 2. The van der Waals surface area contributed by atoms with Gasteiger partial charge in [0.15, 0.2) is 0 Å². The number of amides is 1. The second-order valence-electron chi connectivity index (χ2n) is 6.92. The first-order chi connectivity index (χ1) is 12.0. The van der Waals surface area contributed by atoms with Crippen molar-refractivity contribution in [3.63, 3.8) is 0 Å². The van der Waals surface area contributed by atoms with E-state index in [0.29, 0.717) is 13.0 Å². The average molecular weight is 334 g/mol. The number of aryl methyl sites for hydroxylation is 2. The highest BCUT2D eigenvalue weighted by Gasteiger charge is 2.13. The molecule has 0 spiro atoms. The van der Waals surface area contributed by atoms with Gasteiger partial charge in [0.25, 0.3) is 0 Å². The minimum atomic E-state index is 0.117. The van der Waals surface area contributed by atoms with Gasteiger partial charge in [-0.25, -0.2) is 0 Å². The molecule has 3 aromatic rings. The standard InChI is InChI=1S/C22H26N2O/c1-15-8-9-20-18(14-24-21(20)12-15)10-11-23-22(25)13-17(3)19-7-5-4-6-16(19)2/h4-9,12,14,17,24H,10-11,13H2,1-3H3,(H,23,25). The number of fused-ring (bicyclic) bond motifs is 1. The number of aromatic amines is 1. The van der Waals surface area contributed by atoms with Gasteiger partial charge in [-0.15, -0.1) is 0 Å². The summed E-state index contributed by atoms with van der Waals surface area (Å²) in [5, 5.41) is 4.31. The minimum Gasteiger partial charge on any atom is -0.361 e. The van der Waals surface area contributed by atoms with E-state index in [9.17, 15) is 4.79 Å². The highest BCUT2D eigenvalue weighted by atomic mass is 16.1. The fourth-order valence-corrected chi connectivity index (χ4v) is 3.44. The molecule has 3 rings (SSSR count). The van der Waals surface area contributed by atoms with Crippen LogP contribution in [0.25, 0.3) is 10.9 Å². The molecule has 2 N–H and O–H groups in total. The topological polar surface area (TPSA) is 44.9 Å². The maximum absolute atomic E-state index is 12.3. The molecule has 1 aromatic heterocycles. The van der Waals surface area contributed by atoms with Crippen LogP contribution >= 0.6 is 0 Å². The lowest BCUT2D eigenvalue weighted by molar-refractivity contribution is -0.121. The summed E-state index contributed by atoms with van der Waals surface area (Å²) in [5.74, 6) is 0.351. The van der Waals surface area contributed by atoms with E-state index < -0.39 is 0 Å². The summed E-state index contributed by atoms with van der Waals surface area (Å²) in [7, 11) is 0. The monoisotopic (exact) mass is 334 g/mol. The van der Waals surface area contributed by atoms with Crippen molar-refractivity contribution in [3.8, 4) is 0 Å². The van der Waals surface area contributed by atoms with Crippen LogP contribution in [0.15, 0.2) is 48.7 Å². The first kappa shape index (κ1) is 17.3. The van der Waals surface area contributed by atoms with E-state index >= 15 is 0 Å². The van der Waals surface area contributed by atoms with Gasteiger partial charge in [-0.3, -0.25) is 4.79 Å². The number of nitrogens with one attached hydrogen (secondary N) is 2. The quantitative estimate of drug-likeness (QED) is 0.678. The molecule has 0 aliphatic carbocycles. The summed E-state index contributed by atoms with van der Waals surface area (Å²) in [4.78, 5) is 15.6. The lowest BCUT2D eigenvalue weighted by Gasteiger charge is -2.14. The lowest BCUT2D eigenvalue weighted by atomic mass is 9.93. The zero-order valence-corrected chi connectivity index (χ0v) is 15.2. The van der Waals surface area contributed by atoms with Crippen LogP contribution in [0.5, 0.6) is 0 Å². The molecule has 0 saturated heterocycles. The Labute approximate surface area is 149 Å². The molecule has 0 bridgehead atoms. The predicted molar refractivity (Wildman–Crippen MR) is 104 cm³/mol. The fourth-order valence-electron chi connectivity index (χ4n) is 3.44. The Hall–Kier alpha value is -2.55. The molecule has 1 heterocycles.